The number of carbonyl (C=O) groups is 3. The number of hydrogen-bond acceptors (Lipinski definition) is 4. The van der Waals surface area contributed by atoms with Crippen molar-refractivity contribution in [2.24, 2.45) is 4.99 Å². The Morgan fingerprint density at radius 2 is 1.62 bits per heavy atom. The lowest BCUT2D eigenvalue weighted by atomic mass is 10.1. The molecule has 1 aromatic rings. The summed E-state index contributed by atoms with van der Waals surface area (Å²) in [5.41, 5.74) is 0.673. The maximum absolute atomic E-state index is 12.3. The Bertz CT molecular complexity index is 739. The third-order valence-electron chi connectivity index (χ3n) is 4.13. The number of nitrogens with one attached hydrogen (secondary N) is 3. The molecule has 29 heavy (non-hydrogen) atoms. The molecule has 0 spiro atoms. The fourth-order valence-electron chi connectivity index (χ4n) is 2.89. The standard InChI is InChI=1S/C20H29N5O3.HI/c1-20(2,3)24-16(26)13-23-19(21-4)22-11-7-8-12-25-17(27)14-9-5-6-10-15(14)18(25)28;/h5-6,9-10H,7-8,11-13H2,1-4H3,(H,24,26)(H2,21,22,23);1H. The van der Waals surface area contributed by atoms with Crippen LogP contribution in [0, 0.1) is 0 Å². The van der Waals surface area contributed by atoms with Crippen LogP contribution in [0.4, 0.5) is 0 Å². The number of benzene rings is 1. The van der Waals surface area contributed by atoms with Crippen LogP contribution in [0.3, 0.4) is 0 Å². The predicted molar refractivity (Wildman–Crippen MR) is 124 cm³/mol. The van der Waals surface area contributed by atoms with Crippen molar-refractivity contribution in [1.82, 2.24) is 20.9 Å². The molecule has 0 radical (unpaired) electrons. The molecule has 0 aromatic heterocycles. The number of guanidine groups is 1. The molecule has 0 atom stereocenters. The van der Waals surface area contributed by atoms with Gasteiger partial charge in [0.2, 0.25) is 5.91 Å². The van der Waals surface area contributed by atoms with Crippen molar-refractivity contribution in [3.63, 3.8) is 0 Å². The first-order valence-corrected chi connectivity index (χ1v) is 9.43. The molecule has 3 amide bonds. The molecule has 9 heteroatoms. The van der Waals surface area contributed by atoms with Crippen molar-refractivity contribution in [2.75, 3.05) is 26.7 Å². The molecular weight excluding hydrogens is 485 g/mol. The summed E-state index contributed by atoms with van der Waals surface area (Å²) >= 11 is 0. The minimum Gasteiger partial charge on any atom is -0.356 e. The van der Waals surface area contributed by atoms with Gasteiger partial charge in [-0.1, -0.05) is 12.1 Å². The van der Waals surface area contributed by atoms with Gasteiger partial charge in [0.25, 0.3) is 11.8 Å². The normalized spacial score (nSPS) is 13.7. The highest BCUT2D eigenvalue weighted by atomic mass is 127. The highest BCUT2D eigenvalue weighted by molar-refractivity contribution is 14.0. The molecule has 0 aliphatic carbocycles. The smallest absolute Gasteiger partial charge is 0.261 e. The molecule has 1 aromatic carbocycles. The van der Waals surface area contributed by atoms with Crippen molar-refractivity contribution in [2.45, 2.75) is 39.2 Å². The average Bonchev–Trinajstić information content (AvgIpc) is 2.87. The number of amides is 3. The van der Waals surface area contributed by atoms with Crippen molar-refractivity contribution in [3.05, 3.63) is 35.4 Å². The number of fused-ring (bicyclic) bond motifs is 1. The maximum Gasteiger partial charge on any atom is 0.261 e. The molecule has 0 saturated carbocycles. The van der Waals surface area contributed by atoms with E-state index in [1.54, 1.807) is 31.3 Å². The highest BCUT2D eigenvalue weighted by Crippen LogP contribution is 2.22. The second kappa shape index (κ2) is 11.1. The summed E-state index contributed by atoms with van der Waals surface area (Å²) in [5.74, 6) is -0.0299. The lowest BCUT2D eigenvalue weighted by Crippen LogP contribution is -2.48. The van der Waals surface area contributed by atoms with Crippen LogP contribution >= 0.6 is 24.0 Å². The molecule has 1 heterocycles. The zero-order valence-corrected chi connectivity index (χ0v) is 19.7. The van der Waals surface area contributed by atoms with Gasteiger partial charge in [-0.2, -0.15) is 0 Å². The molecule has 8 nitrogen and oxygen atoms in total. The Morgan fingerprint density at radius 3 is 2.14 bits per heavy atom. The van der Waals surface area contributed by atoms with Gasteiger partial charge in [-0.25, -0.2) is 0 Å². The Hall–Kier alpha value is -2.17. The van der Waals surface area contributed by atoms with E-state index < -0.39 is 0 Å². The molecule has 0 saturated heterocycles. The first-order valence-electron chi connectivity index (χ1n) is 9.43. The zero-order chi connectivity index (χ0) is 20.7. The summed E-state index contributed by atoms with van der Waals surface area (Å²) in [6.45, 7) is 6.90. The monoisotopic (exact) mass is 515 g/mol. The molecule has 0 unspecified atom stereocenters. The van der Waals surface area contributed by atoms with E-state index in [1.165, 1.54) is 4.90 Å². The minimum atomic E-state index is -0.278. The van der Waals surface area contributed by atoms with E-state index in [0.29, 0.717) is 36.6 Å². The summed E-state index contributed by atoms with van der Waals surface area (Å²) in [6.07, 6.45) is 1.43. The molecule has 2 rings (SSSR count). The van der Waals surface area contributed by atoms with Crippen LogP contribution in [0.1, 0.15) is 54.3 Å². The molecule has 1 aliphatic rings. The fraction of sp³-hybridized carbons (Fsp3) is 0.500. The number of nitrogens with zero attached hydrogens (tertiary/aromatic N) is 2. The number of rotatable bonds is 7. The number of halogens is 1. The van der Waals surface area contributed by atoms with Gasteiger partial charge in [-0.05, 0) is 45.7 Å². The number of hydrogen-bond donors (Lipinski definition) is 3. The van der Waals surface area contributed by atoms with E-state index in [2.05, 4.69) is 20.9 Å². The van der Waals surface area contributed by atoms with Crippen molar-refractivity contribution >= 4 is 47.7 Å². The molecular formula is C20H30IN5O3. The Morgan fingerprint density at radius 1 is 1.03 bits per heavy atom. The summed E-state index contributed by atoms with van der Waals surface area (Å²) in [7, 11) is 1.63. The molecule has 3 N–H and O–H groups in total. The van der Waals surface area contributed by atoms with E-state index in [4.69, 9.17) is 0 Å². The van der Waals surface area contributed by atoms with Crippen LogP contribution in [-0.2, 0) is 4.79 Å². The number of carbonyl (C=O) groups excluding carboxylic acids is 3. The minimum absolute atomic E-state index is 0. The topological polar surface area (TPSA) is 103 Å². The molecule has 0 bridgehead atoms. The van der Waals surface area contributed by atoms with Crippen LogP contribution in [0.15, 0.2) is 29.3 Å². The first kappa shape index (κ1) is 24.9. The van der Waals surface area contributed by atoms with Gasteiger partial charge in [-0.15, -0.1) is 24.0 Å². The fourth-order valence-corrected chi connectivity index (χ4v) is 2.89. The average molecular weight is 515 g/mol. The van der Waals surface area contributed by atoms with Gasteiger partial charge in [-0.3, -0.25) is 24.3 Å². The lowest BCUT2D eigenvalue weighted by Gasteiger charge is -2.21. The van der Waals surface area contributed by atoms with Crippen LogP contribution < -0.4 is 16.0 Å². The number of imide groups is 1. The Labute approximate surface area is 188 Å². The van der Waals surface area contributed by atoms with Gasteiger partial charge in [0.15, 0.2) is 5.96 Å². The van der Waals surface area contributed by atoms with E-state index in [0.717, 1.165) is 6.42 Å². The Balaban J connectivity index is 0.00000420. The predicted octanol–water partition coefficient (Wildman–Crippen LogP) is 1.76. The summed E-state index contributed by atoms with van der Waals surface area (Å²) in [6, 6.07) is 6.89. The summed E-state index contributed by atoms with van der Waals surface area (Å²) in [4.78, 5) is 41.8. The van der Waals surface area contributed by atoms with Crippen LogP contribution in [0.2, 0.25) is 0 Å². The van der Waals surface area contributed by atoms with Crippen molar-refractivity contribution in [1.29, 1.82) is 0 Å². The van der Waals surface area contributed by atoms with Gasteiger partial charge in [0.1, 0.15) is 0 Å². The second-order valence-corrected chi connectivity index (χ2v) is 7.67. The van der Waals surface area contributed by atoms with Gasteiger partial charge in [0, 0.05) is 25.7 Å². The van der Waals surface area contributed by atoms with Crippen LogP contribution in [0.25, 0.3) is 0 Å². The largest absolute Gasteiger partial charge is 0.356 e. The van der Waals surface area contributed by atoms with E-state index >= 15 is 0 Å². The van der Waals surface area contributed by atoms with E-state index in [-0.39, 0.29) is 53.8 Å². The number of unbranched alkanes of at least 4 members (excludes halogenated alkanes) is 1. The number of aliphatic imine (C=N–C) groups is 1. The van der Waals surface area contributed by atoms with Gasteiger partial charge in [0.05, 0.1) is 17.7 Å². The lowest BCUT2D eigenvalue weighted by molar-refractivity contribution is -0.121. The quantitative estimate of drug-likeness (QED) is 0.169. The summed E-state index contributed by atoms with van der Waals surface area (Å²) < 4.78 is 0. The van der Waals surface area contributed by atoms with Crippen molar-refractivity contribution in [3.8, 4) is 0 Å². The van der Waals surface area contributed by atoms with Crippen LogP contribution in [0.5, 0.6) is 0 Å². The van der Waals surface area contributed by atoms with E-state index in [1.807, 2.05) is 20.8 Å². The van der Waals surface area contributed by atoms with Gasteiger partial charge < -0.3 is 16.0 Å². The summed E-state index contributed by atoms with van der Waals surface area (Å²) in [5, 5.41) is 8.95. The highest BCUT2D eigenvalue weighted by Gasteiger charge is 2.34. The molecule has 1 aliphatic heterocycles. The maximum atomic E-state index is 12.3. The third kappa shape index (κ3) is 7.30. The first-order chi connectivity index (χ1) is 13.2. The molecule has 160 valence electrons. The SMILES string of the molecule is CN=C(NCCCCN1C(=O)c2ccccc2C1=O)NCC(=O)NC(C)(C)C.I. The van der Waals surface area contributed by atoms with Crippen LogP contribution in [-0.4, -0.2) is 60.8 Å². The molecule has 0 fully saturated rings. The third-order valence-corrected chi connectivity index (χ3v) is 4.13. The Kier molecular flexibility index (Phi) is 9.54. The van der Waals surface area contributed by atoms with Gasteiger partial charge >= 0.3 is 0 Å². The zero-order valence-electron chi connectivity index (χ0n) is 17.4. The van der Waals surface area contributed by atoms with E-state index in [9.17, 15) is 14.4 Å². The van der Waals surface area contributed by atoms with Crippen molar-refractivity contribution < 1.29 is 14.4 Å². The second-order valence-electron chi connectivity index (χ2n) is 7.67.